The van der Waals surface area contributed by atoms with E-state index in [1.54, 1.807) is 0 Å². The van der Waals surface area contributed by atoms with Gasteiger partial charge in [-0.3, -0.25) is 0 Å². The molecule has 2 N–H and O–H groups in total. The summed E-state index contributed by atoms with van der Waals surface area (Å²) < 4.78 is 5.21. The topological polar surface area (TPSA) is 110 Å². The van der Waals surface area contributed by atoms with Gasteiger partial charge in [-0.15, -0.1) is 0 Å². The fraction of sp³-hybridized carbons (Fsp3) is 0. The van der Waals surface area contributed by atoms with Crippen LogP contribution in [0.5, 0.6) is 11.8 Å². The van der Waals surface area contributed by atoms with Gasteiger partial charge in [0.25, 0.3) is 0 Å². The van der Waals surface area contributed by atoms with Gasteiger partial charge in [-0.1, -0.05) is 12.1 Å². The molecular weight excluding hydrogens is 252 g/mol. The van der Waals surface area contributed by atoms with E-state index in [1.807, 2.05) is 0 Å². The minimum atomic E-state index is -1.18. The maximum Gasteiger partial charge on any atom is 0.354 e. The highest BCUT2D eigenvalue weighted by molar-refractivity contribution is 5.85. The average molecular weight is 260 g/mol. The van der Waals surface area contributed by atoms with Crippen molar-refractivity contribution in [2.24, 2.45) is 0 Å². The van der Waals surface area contributed by atoms with Crippen molar-refractivity contribution in [2.75, 3.05) is 0 Å². The zero-order chi connectivity index (χ0) is 13.8. The van der Waals surface area contributed by atoms with Crippen molar-refractivity contribution in [3.8, 4) is 11.8 Å². The van der Waals surface area contributed by atoms with Gasteiger partial charge in [0.05, 0.1) is 0 Å². The van der Waals surface area contributed by atoms with E-state index in [0.29, 0.717) is 0 Å². The molecule has 0 aliphatic heterocycles. The highest BCUT2D eigenvalue weighted by Crippen LogP contribution is 2.17. The molecule has 0 saturated carbocycles. The summed E-state index contributed by atoms with van der Waals surface area (Å²) in [7, 11) is 0. The molecule has 96 valence electrons. The first-order valence-corrected chi connectivity index (χ1v) is 5.15. The van der Waals surface area contributed by atoms with Gasteiger partial charge in [0.2, 0.25) is 11.8 Å². The van der Waals surface area contributed by atoms with Gasteiger partial charge in [-0.2, -0.15) is 0 Å². The van der Waals surface area contributed by atoms with Crippen molar-refractivity contribution in [2.45, 2.75) is 0 Å². The lowest BCUT2D eigenvalue weighted by Crippen LogP contribution is -2.03. The van der Waals surface area contributed by atoms with Crippen LogP contribution < -0.4 is 4.74 Å². The molecule has 2 aromatic rings. The Bertz CT molecular complexity index is 586. The zero-order valence-corrected chi connectivity index (χ0v) is 9.48. The van der Waals surface area contributed by atoms with Crippen LogP contribution >= 0.6 is 0 Å². The van der Waals surface area contributed by atoms with Crippen molar-refractivity contribution in [1.29, 1.82) is 0 Å². The van der Waals surface area contributed by atoms with Crippen LogP contribution in [-0.2, 0) is 0 Å². The quantitative estimate of drug-likeness (QED) is 0.860. The number of hydrogen-bond acceptors (Lipinski definition) is 5. The SMILES string of the molecule is O=C(O)c1cccc(Oc2cccc(C(=O)O)n2)n1. The number of carbonyl (C=O) groups is 2. The molecule has 0 spiro atoms. The highest BCUT2D eigenvalue weighted by atomic mass is 16.5. The van der Waals surface area contributed by atoms with Gasteiger partial charge in [-0.05, 0) is 12.1 Å². The third-order valence-electron chi connectivity index (χ3n) is 2.09. The number of aromatic carboxylic acids is 2. The summed E-state index contributed by atoms with van der Waals surface area (Å²) in [5, 5.41) is 17.6. The van der Waals surface area contributed by atoms with Crippen LogP contribution in [0.1, 0.15) is 21.0 Å². The van der Waals surface area contributed by atoms with Crippen LogP contribution in [0.3, 0.4) is 0 Å². The van der Waals surface area contributed by atoms with Gasteiger partial charge in [-0.25, -0.2) is 19.6 Å². The van der Waals surface area contributed by atoms with Crippen LogP contribution in [0.25, 0.3) is 0 Å². The molecular formula is C12H8N2O5. The molecule has 7 heteroatoms. The van der Waals surface area contributed by atoms with Gasteiger partial charge in [0.15, 0.2) is 11.4 Å². The molecule has 0 aliphatic carbocycles. The summed E-state index contributed by atoms with van der Waals surface area (Å²) in [6.45, 7) is 0. The fourth-order valence-corrected chi connectivity index (χ4v) is 1.29. The van der Waals surface area contributed by atoms with E-state index in [2.05, 4.69) is 9.97 Å². The van der Waals surface area contributed by atoms with Crippen molar-refractivity contribution < 1.29 is 24.5 Å². The number of hydrogen-bond donors (Lipinski definition) is 2. The van der Waals surface area contributed by atoms with Crippen LogP contribution in [0.4, 0.5) is 0 Å². The lowest BCUT2D eigenvalue weighted by molar-refractivity contribution is 0.0680. The Labute approximate surface area is 107 Å². The van der Waals surface area contributed by atoms with E-state index in [0.717, 1.165) is 0 Å². The molecule has 0 unspecified atom stereocenters. The van der Waals surface area contributed by atoms with Crippen LogP contribution in [-0.4, -0.2) is 32.1 Å². The number of nitrogens with zero attached hydrogens (tertiary/aromatic N) is 2. The predicted octanol–water partition coefficient (Wildman–Crippen LogP) is 1.67. The Hall–Kier alpha value is -2.96. The van der Waals surface area contributed by atoms with Gasteiger partial charge in [0, 0.05) is 12.1 Å². The number of aromatic nitrogens is 2. The van der Waals surface area contributed by atoms with E-state index in [9.17, 15) is 9.59 Å². The second-order valence-corrected chi connectivity index (χ2v) is 3.43. The van der Waals surface area contributed by atoms with E-state index in [4.69, 9.17) is 14.9 Å². The lowest BCUT2D eigenvalue weighted by Gasteiger charge is -2.04. The minimum Gasteiger partial charge on any atom is -0.477 e. The fourth-order valence-electron chi connectivity index (χ4n) is 1.29. The molecule has 19 heavy (non-hydrogen) atoms. The summed E-state index contributed by atoms with van der Waals surface area (Å²) in [5.74, 6) is -2.32. The summed E-state index contributed by atoms with van der Waals surface area (Å²) in [6.07, 6.45) is 0. The Kier molecular flexibility index (Phi) is 3.37. The molecule has 0 saturated heterocycles. The summed E-state index contributed by atoms with van der Waals surface area (Å²) in [4.78, 5) is 28.9. The second kappa shape index (κ2) is 5.13. The zero-order valence-electron chi connectivity index (χ0n) is 9.48. The van der Waals surface area contributed by atoms with Crippen LogP contribution in [0, 0.1) is 0 Å². The monoisotopic (exact) mass is 260 g/mol. The van der Waals surface area contributed by atoms with Crippen LogP contribution in [0.15, 0.2) is 36.4 Å². The molecule has 2 heterocycles. The molecule has 0 amide bonds. The molecule has 2 aromatic heterocycles. The predicted molar refractivity (Wildman–Crippen MR) is 62.5 cm³/mol. The van der Waals surface area contributed by atoms with Crippen molar-refractivity contribution >= 4 is 11.9 Å². The average Bonchev–Trinajstić information content (AvgIpc) is 2.39. The third-order valence-corrected chi connectivity index (χ3v) is 2.09. The molecule has 0 aromatic carbocycles. The van der Waals surface area contributed by atoms with E-state index >= 15 is 0 Å². The molecule has 2 rings (SSSR count). The number of ether oxygens (including phenoxy) is 1. The third kappa shape index (κ3) is 3.03. The summed E-state index contributed by atoms with van der Waals surface area (Å²) in [6, 6.07) is 8.45. The summed E-state index contributed by atoms with van der Waals surface area (Å²) in [5.41, 5.74) is -0.348. The largest absolute Gasteiger partial charge is 0.477 e. The van der Waals surface area contributed by atoms with E-state index in [-0.39, 0.29) is 23.1 Å². The minimum absolute atomic E-state index is 0.0231. The first kappa shape index (κ1) is 12.5. The second-order valence-electron chi connectivity index (χ2n) is 3.43. The number of pyridine rings is 2. The number of carboxylic acids is 2. The smallest absolute Gasteiger partial charge is 0.354 e. The molecule has 0 bridgehead atoms. The Morgan fingerprint density at radius 3 is 1.63 bits per heavy atom. The molecule has 0 radical (unpaired) electrons. The van der Waals surface area contributed by atoms with Crippen molar-refractivity contribution in [3.63, 3.8) is 0 Å². The lowest BCUT2D eigenvalue weighted by atomic mass is 10.3. The maximum absolute atomic E-state index is 10.7. The molecule has 7 nitrogen and oxygen atoms in total. The standard InChI is InChI=1S/C12H8N2O5/c15-11(16)7-3-1-5-9(13-7)19-10-6-2-4-8(14-10)12(17)18/h1-6H,(H,15,16)(H,17,18). The first-order chi connectivity index (χ1) is 9.06. The van der Waals surface area contributed by atoms with Crippen LogP contribution in [0.2, 0.25) is 0 Å². The van der Waals surface area contributed by atoms with Crippen molar-refractivity contribution in [1.82, 2.24) is 9.97 Å². The van der Waals surface area contributed by atoms with E-state index < -0.39 is 11.9 Å². The first-order valence-electron chi connectivity index (χ1n) is 5.15. The molecule has 0 atom stereocenters. The summed E-state index contributed by atoms with van der Waals surface area (Å²) >= 11 is 0. The Morgan fingerprint density at radius 1 is 0.842 bits per heavy atom. The highest BCUT2D eigenvalue weighted by Gasteiger charge is 2.09. The van der Waals surface area contributed by atoms with E-state index in [1.165, 1.54) is 36.4 Å². The van der Waals surface area contributed by atoms with Gasteiger partial charge >= 0.3 is 11.9 Å². The Morgan fingerprint density at radius 2 is 1.26 bits per heavy atom. The number of rotatable bonds is 4. The maximum atomic E-state index is 10.7. The molecule has 0 fully saturated rings. The Balaban J connectivity index is 2.26. The molecule has 0 aliphatic rings. The number of carboxylic acid groups (broad SMARTS) is 2. The van der Waals surface area contributed by atoms with Crippen molar-refractivity contribution in [3.05, 3.63) is 47.8 Å². The van der Waals surface area contributed by atoms with Gasteiger partial charge < -0.3 is 14.9 Å². The van der Waals surface area contributed by atoms with Gasteiger partial charge in [0.1, 0.15) is 0 Å². The normalized spacial score (nSPS) is 9.89.